The number of hydrogen-bond acceptors (Lipinski definition) is 4. The van der Waals surface area contributed by atoms with Crippen molar-refractivity contribution in [2.24, 2.45) is 0 Å². The summed E-state index contributed by atoms with van der Waals surface area (Å²) < 4.78 is 4.47. The number of hydrogen-bond donors (Lipinski definition) is 2. The van der Waals surface area contributed by atoms with Crippen LogP contribution in [-0.2, 0) is 9.53 Å². The molecule has 0 aromatic carbocycles. The van der Waals surface area contributed by atoms with Crippen LogP contribution in [0.1, 0.15) is 0 Å². The van der Waals surface area contributed by atoms with E-state index in [0.29, 0.717) is 0 Å². The standard InChI is InChI=1S/C6H8O2.C2H6O2.C2H4/c1-3-5-8-6(7)4-2;3-1-2-4;1-2/h3-4H,1-2,5H2;3-4H,1-2H2;1-2H2. The summed E-state index contributed by atoms with van der Waals surface area (Å²) in [6, 6.07) is 0. The summed E-state index contributed by atoms with van der Waals surface area (Å²) >= 11 is 0. The van der Waals surface area contributed by atoms with Crippen LogP contribution in [-0.4, -0.2) is 36.0 Å². The van der Waals surface area contributed by atoms with Gasteiger partial charge in [0.25, 0.3) is 0 Å². The fourth-order valence-electron chi connectivity index (χ4n) is 0.200. The highest BCUT2D eigenvalue weighted by molar-refractivity contribution is 5.81. The van der Waals surface area contributed by atoms with Crippen molar-refractivity contribution in [2.75, 3.05) is 19.8 Å². The SMILES string of the molecule is C=C.C=CCOC(=O)C=C.OCCO. The van der Waals surface area contributed by atoms with Crippen molar-refractivity contribution < 1.29 is 19.7 Å². The maximum Gasteiger partial charge on any atom is 0.330 e. The van der Waals surface area contributed by atoms with Crippen LogP contribution in [0.15, 0.2) is 38.5 Å². The van der Waals surface area contributed by atoms with E-state index < -0.39 is 5.97 Å². The normalized spacial score (nSPS) is 6.71. The van der Waals surface area contributed by atoms with Crippen molar-refractivity contribution >= 4 is 5.97 Å². The summed E-state index contributed by atoms with van der Waals surface area (Å²) in [5, 5.41) is 15.2. The van der Waals surface area contributed by atoms with Crippen LogP contribution in [0.25, 0.3) is 0 Å². The molecular weight excluding hydrogens is 184 g/mol. The average Bonchev–Trinajstić information content (AvgIpc) is 2.28. The topological polar surface area (TPSA) is 66.8 Å². The van der Waals surface area contributed by atoms with E-state index in [1.54, 1.807) is 0 Å². The van der Waals surface area contributed by atoms with Gasteiger partial charge in [-0.1, -0.05) is 19.2 Å². The lowest BCUT2D eigenvalue weighted by atomic mass is 10.6. The van der Waals surface area contributed by atoms with Gasteiger partial charge in [-0.2, -0.15) is 0 Å². The highest BCUT2D eigenvalue weighted by Crippen LogP contribution is 1.77. The Hall–Kier alpha value is -1.39. The molecule has 0 amide bonds. The Kier molecular flexibility index (Phi) is 29.7. The van der Waals surface area contributed by atoms with Crippen LogP contribution >= 0.6 is 0 Å². The number of esters is 1. The van der Waals surface area contributed by atoms with Gasteiger partial charge >= 0.3 is 5.97 Å². The van der Waals surface area contributed by atoms with Gasteiger partial charge in [-0.15, -0.1) is 13.2 Å². The molecule has 0 bridgehead atoms. The molecule has 0 atom stereocenters. The zero-order valence-corrected chi connectivity index (χ0v) is 8.32. The van der Waals surface area contributed by atoms with E-state index in [1.807, 2.05) is 0 Å². The Morgan fingerprint density at radius 3 is 1.86 bits per heavy atom. The van der Waals surface area contributed by atoms with E-state index in [2.05, 4.69) is 31.1 Å². The first-order chi connectivity index (χ1) is 6.72. The zero-order valence-electron chi connectivity index (χ0n) is 8.32. The molecule has 82 valence electrons. The highest BCUT2D eigenvalue weighted by atomic mass is 16.5. The molecule has 0 fully saturated rings. The lowest BCUT2D eigenvalue weighted by Gasteiger charge is -1.92. The van der Waals surface area contributed by atoms with Gasteiger partial charge in [0.1, 0.15) is 6.61 Å². The minimum atomic E-state index is -0.412. The molecule has 0 aliphatic heterocycles. The van der Waals surface area contributed by atoms with E-state index in [1.165, 1.54) is 6.08 Å². The van der Waals surface area contributed by atoms with Crippen molar-refractivity contribution in [2.45, 2.75) is 0 Å². The average molecular weight is 202 g/mol. The molecule has 0 spiro atoms. The molecule has 0 aromatic rings. The van der Waals surface area contributed by atoms with E-state index in [0.717, 1.165) is 6.08 Å². The minimum absolute atomic E-state index is 0.125. The van der Waals surface area contributed by atoms with Gasteiger partial charge in [-0.25, -0.2) is 4.79 Å². The summed E-state index contributed by atoms with van der Waals surface area (Å²) in [7, 11) is 0. The molecule has 0 rings (SSSR count). The largest absolute Gasteiger partial charge is 0.458 e. The first-order valence-electron chi connectivity index (χ1n) is 3.84. The van der Waals surface area contributed by atoms with Gasteiger partial charge in [0.15, 0.2) is 0 Å². The third-order valence-electron chi connectivity index (χ3n) is 0.610. The molecule has 0 aromatic heterocycles. The third kappa shape index (κ3) is 31.1. The first-order valence-corrected chi connectivity index (χ1v) is 3.84. The van der Waals surface area contributed by atoms with Crippen molar-refractivity contribution in [1.82, 2.24) is 0 Å². The van der Waals surface area contributed by atoms with Crippen LogP contribution in [0.2, 0.25) is 0 Å². The van der Waals surface area contributed by atoms with Gasteiger partial charge in [-0.3, -0.25) is 0 Å². The Morgan fingerprint density at radius 2 is 1.64 bits per heavy atom. The molecular formula is C10H18O4. The van der Waals surface area contributed by atoms with E-state index in [9.17, 15) is 4.79 Å². The minimum Gasteiger partial charge on any atom is -0.458 e. The Balaban J connectivity index is -0.000000170. The lowest BCUT2D eigenvalue weighted by Crippen LogP contribution is -1.98. The second-order valence-corrected chi connectivity index (χ2v) is 1.57. The molecule has 4 heteroatoms. The summed E-state index contributed by atoms with van der Waals surface area (Å²) in [5.74, 6) is -0.412. The fraction of sp³-hybridized carbons (Fsp3) is 0.300. The number of ether oxygens (including phenoxy) is 1. The Labute approximate surface area is 84.8 Å². The van der Waals surface area contributed by atoms with Crippen LogP contribution < -0.4 is 0 Å². The van der Waals surface area contributed by atoms with Crippen molar-refractivity contribution in [3.63, 3.8) is 0 Å². The summed E-state index contributed by atoms with van der Waals surface area (Å²) in [4.78, 5) is 10.2. The molecule has 0 unspecified atom stereocenters. The van der Waals surface area contributed by atoms with Gasteiger partial charge in [0, 0.05) is 6.08 Å². The number of rotatable bonds is 4. The van der Waals surface area contributed by atoms with E-state index in [-0.39, 0.29) is 19.8 Å². The van der Waals surface area contributed by atoms with E-state index >= 15 is 0 Å². The second kappa shape index (κ2) is 22.6. The summed E-state index contributed by atoms with van der Waals surface area (Å²) in [6.07, 6.45) is 2.62. The Bertz CT molecular complexity index is 141. The quantitative estimate of drug-likeness (QED) is 0.399. The van der Waals surface area contributed by atoms with Crippen LogP contribution in [0.3, 0.4) is 0 Å². The third-order valence-corrected chi connectivity index (χ3v) is 0.610. The maximum absolute atomic E-state index is 10.2. The number of aliphatic hydroxyl groups excluding tert-OH is 2. The molecule has 0 saturated heterocycles. The van der Waals surface area contributed by atoms with Crippen LogP contribution in [0, 0.1) is 0 Å². The van der Waals surface area contributed by atoms with Gasteiger partial charge in [0.2, 0.25) is 0 Å². The number of carbonyl (C=O) groups excluding carboxylic acids is 1. The molecule has 0 aliphatic rings. The number of carbonyl (C=O) groups is 1. The first kappa shape index (κ1) is 18.4. The smallest absolute Gasteiger partial charge is 0.330 e. The van der Waals surface area contributed by atoms with E-state index in [4.69, 9.17) is 10.2 Å². The Morgan fingerprint density at radius 1 is 1.21 bits per heavy atom. The molecule has 4 nitrogen and oxygen atoms in total. The molecule has 2 N–H and O–H groups in total. The van der Waals surface area contributed by atoms with Crippen molar-refractivity contribution in [3.8, 4) is 0 Å². The second-order valence-electron chi connectivity index (χ2n) is 1.57. The summed E-state index contributed by atoms with van der Waals surface area (Å²) in [5.41, 5.74) is 0. The predicted octanol–water partition coefficient (Wildman–Crippen LogP) is 0.675. The molecule has 14 heavy (non-hydrogen) atoms. The molecule has 0 radical (unpaired) electrons. The number of aliphatic hydroxyl groups is 2. The van der Waals surface area contributed by atoms with Crippen molar-refractivity contribution in [3.05, 3.63) is 38.5 Å². The lowest BCUT2D eigenvalue weighted by molar-refractivity contribution is -0.136. The zero-order chi connectivity index (χ0) is 11.8. The molecule has 0 aliphatic carbocycles. The molecule has 0 heterocycles. The fourth-order valence-corrected chi connectivity index (χ4v) is 0.200. The van der Waals surface area contributed by atoms with Crippen LogP contribution in [0.4, 0.5) is 0 Å². The molecule has 0 saturated carbocycles. The maximum atomic E-state index is 10.2. The van der Waals surface area contributed by atoms with Gasteiger partial charge < -0.3 is 14.9 Å². The highest BCUT2D eigenvalue weighted by Gasteiger charge is 1.87. The van der Waals surface area contributed by atoms with Crippen LogP contribution in [0.5, 0.6) is 0 Å². The van der Waals surface area contributed by atoms with Gasteiger partial charge in [-0.05, 0) is 0 Å². The summed E-state index contributed by atoms with van der Waals surface area (Å²) in [6.45, 7) is 12.6. The van der Waals surface area contributed by atoms with Gasteiger partial charge in [0.05, 0.1) is 13.2 Å². The predicted molar refractivity (Wildman–Crippen MR) is 56.8 cm³/mol. The van der Waals surface area contributed by atoms with Crippen molar-refractivity contribution in [1.29, 1.82) is 0 Å². The monoisotopic (exact) mass is 202 g/mol.